The van der Waals surface area contributed by atoms with Crippen LogP contribution in [0.5, 0.6) is 5.88 Å². The van der Waals surface area contributed by atoms with Gasteiger partial charge in [0.15, 0.2) is 5.69 Å². The molecule has 0 atom stereocenters. The van der Waals surface area contributed by atoms with Crippen LogP contribution in [0.25, 0.3) is 0 Å². The van der Waals surface area contributed by atoms with E-state index < -0.39 is 5.97 Å². The molecule has 0 aliphatic rings. The summed E-state index contributed by atoms with van der Waals surface area (Å²) in [6.07, 6.45) is 0. The molecule has 18 heavy (non-hydrogen) atoms. The van der Waals surface area contributed by atoms with E-state index in [1.807, 2.05) is 24.3 Å². The summed E-state index contributed by atoms with van der Waals surface area (Å²) >= 11 is 3.41. The fraction of sp³-hybridized carbons (Fsp3) is 0.0769. The van der Waals surface area contributed by atoms with Crippen molar-refractivity contribution in [2.45, 2.75) is 6.61 Å². The van der Waals surface area contributed by atoms with Crippen molar-refractivity contribution in [3.63, 3.8) is 0 Å². The van der Waals surface area contributed by atoms with Crippen molar-refractivity contribution in [1.82, 2.24) is 4.98 Å². The van der Waals surface area contributed by atoms with Crippen LogP contribution >= 0.6 is 15.9 Å². The van der Waals surface area contributed by atoms with Crippen LogP contribution in [0.2, 0.25) is 0 Å². The van der Waals surface area contributed by atoms with E-state index in [4.69, 9.17) is 9.84 Å². The fourth-order valence-electron chi connectivity index (χ4n) is 1.38. The Kier molecular flexibility index (Phi) is 3.94. The maximum Gasteiger partial charge on any atom is 0.354 e. The molecule has 5 heteroatoms. The molecule has 2 rings (SSSR count). The summed E-state index contributed by atoms with van der Waals surface area (Å²) in [6, 6.07) is 12.3. The normalized spacial score (nSPS) is 10.1. The second-order valence-electron chi connectivity index (χ2n) is 3.55. The molecule has 0 unspecified atom stereocenters. The second-order valence-corrected chi connectivity index (χ2v) is 4.40. The molecule has 0 spiro atoms. The number of rotatable bonds is 4. The first-order valence-corrected chi connectivity index (χ1v) is 6.02. The molecule has 1 aromatic carbocycles. The molecule has 1 N–H and O–H groups in total. The number of carboxylic acid groups (broad SMARTS) is 1. The number of hydrogen-bond acceptors (Lipinski definition) is 3. The molecular formula is C13H10BrNO3. The smallest absolute Gasteiger partial charge is 0.354 e. The first-order chi connectivity index (χ1) is 8.66. The zero-order valence-corrected chi connectivity index (χ0v) is 10.9. The minimum atomic E-state index is -1.07. The number of aromatic nitrogens is 1. The topological polar surface area (TPSA) is 59.4 Å². The molecule has 0 aliphatic carbocycles. The second kappa shape index (κ2) is 5.64. The molecule has 1 heterocycles. The summed E-state index contributed by atoms with van der Waals surface area (Å²) in [5.74, 6) is -0.771. The van der Waals surface area contributed by atoms with Crippen molar-refractivity contribution < 1.29 is 14.6 Å². The summed E-state index contributed by atoms with van der Waals surface area (Å²) < 4.78 is 6.40. The van der Waals surface area contributed by atoms with Crippen LogP contribution in [0.15, 0.2) is 46.9 Å². The Morgan fingerprint density at radius 3 is 2.72 bits per heavy atom. The number of halogens is 1. The lowest BCUT2D eigenvalue weighted by Crippen LogP contribution is -2.03. The number of hydrogen-bond donors (Lipinski definition) is 1. The lowest BCUT2D eigenvalue weighted by Gasteiger charge is -2.07. The highest BCUT2D eigenvalue weighted by Gasteiger charge is 2.06. The number of nitrogens with zero attached hydrogens (tertiary/aromatic N) is 1. The number of pyridine rings is 1. The van der Waals surface area contributed by atoms with Gasteiger partial charge in [0, 0.05) is 16.1 Å². The average Bonchev–Trinajstić information content (AvgIpc) is 2.38. The molecule has 0 saturated heterocycles. The summed E-state index contributed by atoms with van der Waals surface area (Å²) in [5, 5.41) is 8.81. The Balaban J connectivity index is 2.09. The van der Waals surface area contributed by atoms with Crippen LogP contribution < -0.4 is 4.74 Å². The standard InChI is InChI=1S/C13H10BrNO3/c14-10-5-2-1-4-9(10)8-18-12-7-3-6-11(15-12)13(16)17/h1-7H,8H2,(H,16,17). The number of benzene rings is 1. The van der Waals surface area contributed by atoms with Crippen molar-refractivity contribution in [2.24, 2.45) is 0 Å². The van der Waals surface area contributed by atoms with Crippen LogP contribution in [0.1, 0.15) is 16.1 Å². The zero-order valence-electron chi connectivity index (χ0n) is 9.34. The highest BCUT2D eigenvalue weighted by atomic mass is 79.9. The van der Waals surface area contributed by atoms with Gasteiger partial charge in [-0.1, -0.05) is 40.2 Å². The molecule has 4 nitrogen and oxygen atoms in total. The van der Waals surface area contributed by atoms with E-state index in [2.05, 4.69) is 20.9 Å². The van der Waals surface area contributed by atoms with Gasteiger partial charge in [-0.05, 0) is 12.1 Å². The first-order valence-electron chi connectivity index (χ1n) is 5.23. The third kappa shape index (κ3) is 3.07. The lowest BCUT2D eigenvalue weighted by molar-refractivity contribution is 0.0689. The first kappa shape index (κ1) is 12.6. The SMILES string of the molecule is O=C(O)c1cccc(OCc2ccccc2Br)n1. The molecule has 0 amide bonds. The van der Waals surface area contributed by atoms with Crippen LogP contribution in [0.4, 0.5) is 0 Å². The van der Waals surface area contributed by atoms with E-state index in [0.717, 1.165) is 10.0 Å². The van der Waals surface area contributed by atoms with Crippen LogP contribution in [-0.4, -0.2) is 16.1 Å². The molecule has 0 bridgehead atoms. The number of carbonyl (C=O) groups is 1. The maximum absolute atomic E-state index is 10.8. The fourth-order valence-corrected chi connectivity index (χ4v) is 1.78. The highest BCUT2D eigenvalue weighted by Crippen LogP contribution is 2.18. The molecule has 92 valence electrons. The van der Waals surface area contributed by atoms with Gasteiger partial charge in [0.05, 0.1) is 0 Å². The van der Waals surface area contributed by atoms with Crippen molar-refractivity contribution in [3.8, 4) is 5.88 Å². The Bertz CT molecular complexity index is 572. The zero-order chi connectivity index (χ0) is 13.0. The van der Waals surface area contributed by atoms with Crippen molar-refractivity contribution in [2.75, 3.05) is 0 Å². The molecule has 0 fully saturated rings. The number of ether oxygens (including phenoxy) is 1. The van der Waals surface area contributed by atoms with E-state index in [9.17, 15) is 4.79 Å². The Hall–Kier alpha value is -1.88. The van der Waals surface area contributed by atoms with Crippen molar-refractivity contribution in [3.05, 3.63) is 58.2 Å². The Morgan fingerprint density at radius 1 is 1.22 bits per heavy atom. The predicted molar refractivity (Wildman–Crippen MR) is 69.7 cm³/mol. The molecule has 0 radical (unpaired) electrons. The summed E-state index contributed by atoms with van der Waals surface area (Å²) in [7, 11) is 0. The molecule has 0 aliphatic heterocycles. The Labute approximate surface area is 112 Å². The van der Waals surface area contributed by atoms with Crippen LogP contribution in [0, 0.1) is 0 Å². The number of carboxylic acids is 1. The maximum atomic E-state index is 10.8. The lowest BCUT2D eigenvalue weighted by atomic mass is 10.2. The van der Waals surface area contributed by atoms with Gasteiger partial charge < -0.3 is 9.84 Å². The molecule has 1 aromatic heterocycles. The monoisotopic (exact) mass is 307 g/mol. The average molecular weight is 308 g/mol. The van der Waals surface area contributed by atoms with E-state index in [1.165, 1.54) is 6.07 Å². The van der Waals surface area contributed by atoms with Gasteiger partial charge in [0.25, 0.3) is 0 Å². The minimum Gasteiger partial charge on any atom is -0.477 e. The van der Waals surface area contributed by atoms with Gasteiger partial charge in [0.2, 0.25) is 5.88 Å². The van der Waals surface area contributed by atoms with Crippen LogP contribution in [-0.2, 0) is 6.61 Å². The van der Waals surface area contributed by atoms with Gasteiger partial charge in [-0.25, -0.2) is 9.78 Å². The number of aromatic carboxylic acids is 1. The third-order valence-corrected chi connectivity index (χ3v) is 3.05. The third-order valence-electron chi connectivity index (χ3n) is 2.28. The van der Waals surface area contributed by atoms with Gasteiger partial charge >= 0.3 is 5.97 Å². The molecule has 0 saturated carbocycles. The van der Waals surface area contributed by atoms with E-state index in [-0.39, 0.29) is 5.69 Å². The largest absolute Gasteiger partial charge is 0.477 e. The van der Waals surface area contributed by atoms with E-state index in [0.29, 0.717) is 12.5 Å². The van der Waals surface area contributed by atoms with E-state index in [1.54, 1.807) is 12.1 Å². The van der Waals surface area contributed by atoms with Crippen molar-refractivity contribution >= 4 is 21.9 Å². The summed E-state index contributed by atoms with van der Waals surface area (Å²) in [4.78, 5) is 14.6. The van der Waals surface area contributed by atoms with E-state index >= 15 is 0 Å². The highest BCUT2D eigenvalue weighted by molar-refractivity contribution is 9.10. The Morgan fingerprint density at radius 2 is 2.00 bits per heavy atom. The van der Waals surface area contributed by atoms with Gasteiger partial charge in [-0.2, -0.15) is 0 Å². The van der Waals surface area contributed by atoms with Crippen molar-refractivity contribution in [1.29, 1.82) is 0 Å². The predicted octanol–water partition coefficient (Wildman–Crippen LogP) is 3.12. The molecular weight excluding hydrogens is 298 g/mol. The summed E-state index contributed by atoms with van der Waals surface area (Å²) in [6.45, 7) is 0.331. The van der Waals surface area contributed by atoms with Gasteiger partial charge in [-0.3, -0.25) is 0 Å². The quantitative estimate of drug-likeness (QED) is 0.943. The summed E-state index contributed by atoms with van der Waals surface area (Å²) in [5.41, 5.74) is 0.944. The van der Waals surface area contributed by atoms with Gasteiger partial charge in [-0.15, -0.1) is 0 Å². The minimum absolute atomic E-state index is 0.0281. The van der Waals surface area contributed by atoms with Gasteiger partial charge in [0.1, 0.15) is 6.61 Å². The van der Waals surface area contributed by atoms with Crippen LogP contribution in [0.3, 0.4) is 0 Å². The molecule has 2 aromatic rings.